The van der Waals surface area contributed by atoms with Gasteiger partial charge in [0, 0.05) is 49.1 Å². The predicted molar refractivity (Wildman–Crippen MR) is 127 cm³/mol. The molecule has 2 aromatic carbocycles. The molecule has 0 spiro atoms. The molecule has 8 nitrogen and oxygen atoms in total. The van der Waals surface area contributed by atoms with Crippen molar-refractivity contribution in [2.75, 3.05) is 51.8 Å². The molecule has 2 aliphatic rings. The van der Waals surface area contributed by atoms with Gasteiger partial charge in [-0.05, 0) is 42.0 Å². The summed E-state index contributed by atoms with van der Waals surface area (Å²) in [5.41, 5.74) is 2.82. The molecule has 1 atom stereocenters. The van der Waals surface area contributed by atoms with Crippen LogP contribution < -0.4 is 20.3 Å². The van der Waals surface area contributed by atoms with E-state index in [4.69, 9.17) is 21.1 Å². The van der Waals surface area contributed by atoms with Crippen molar-refractivity contribution in [3.8, 4) is 5.75 Å². The highest BCUT2D eigenvalue weighted by molar-refractivity contribution is 6.30. The number of carbonyl (C=O) groups is 2. The van der Waals surface area contributed by atoms with E-state index in [9.17, 15) is 9.59 Å². The number of hydrogen-bond donors (Lipinski definition) is 2. The van der Waals surface area contributed by atoms with E-state index < -0.39 is 12.0 Å². The van der Waals surface area contributed by atoms with Gasteiger partial charge in [0.2, 0.25) is 0 Å². The summed E-state index contributed by atoms with van der Waals surface area (Å²) in [6.45, 7) is 3.66. The fourth-order valence-corrected chi connectivity index (χ4v) is 4.33. The number of urea groups is 1. The molecular formula is C24H27ClN4O4. The Morgan fingerprint density at radius 3 is 2.48 bits per heavy atom. The highest BCUT2D eigenvalue weighted by atomic mass is 35.5. The Labute approximate surface area is 198 Å². The second-order valence-electron chi connectivity index (χ2n) is 7.93. The van der Waals surface area contributed by atoms with Crippen LogP contribution in [0.3, 0.4) is 0 Å². The molecule has 1 fully saturated rings. The molecule has 33 heavy (non-hydrogen) atoms. The first-order chi connectivity index (χ1) is 16.0. The molecule has 2 heterocycles. The van der Waals surface area contributed by atoms with Crippen LogP contribution in [0.4, 0.5) is 10.5 Å². The Morgan fingerprint density at radius 2 is 1.82 bits per heavy atom. The van der Waals surface area contributed by atoms with Gasteiger partial charge in [0.05, 0.1) is 25.8 Å². The normalized spacial score (nSPS) is 19.1. The summed E-state index contributed by atoms with van der Waals surface area (Å²) in [6, 6.07) is 14.1. The summed E-state index contributed by atoms with van der Waals surface area (Å²) in [5, 5.41) is 6.40. The Morgan fingerprint density at radius 1 is 1.09 bits per heavy atom. The SMILES string of the molecule is COC(=O)C1=C(CN2CCN(c3ccc(Cl)cc3)CC2)NC(=O)N[C@@H]1c1cccc(OC)c1. The van der Waals surface area contributed by atoms with E-state index in [1.54, 1.807) is 7.11 Å². The molecular weight excluding hydrogens is 444 g/mol. The maximum Gasteiger partial charge on any atom is 0.338 e. The number of anilines is 1. The average molecular weight is 471 g/mol. The Hall–Kier alpha value is -3.23. The van der Waals surface area contributed by atoms with Crippen molar-refractivity contribution in [3.63, 3.8) is 0 Å². The number of hydrogen-bond acceptors (Lipinski definition) is 6. The number of ether oxygens (including phenoxy) is 2. The Balaban J connectivity index is 1.54. The number of esters is 1. The first-order valence-electron chi connectivity index (χ1n) is 10.7. The first kappa shape index (κ1) is 22.9. The van der Waals surface area contributed by atoms with E-state index in [0.717, 1.165) is 37.4 Å². The van der Waals surface area contributed by atoms with Gasteiger partial charge in [0.25, 0.3) is 0 Å². The molecule has 0 unspecified atom stereocenters. The summed E-state index contributed by atoms with van der Waals surface area (Å²) in [6.07, 6.45) is 0. The molecule has 2 aliphatic heterocycles. The molecule has 2 N–H and O–H groups in total. The van der Waals surface area contributed by atoms with Crippen LogP contribution in [0, 0.1) is 0 Å². The van der Waals surface area contributed by atoms with Gasteiger partial charge in [-0.3, -0.25) is 4.90 Å². The molecule has 0 aromatic heterocycles. The zero-order valence-electron chi connectivity index (χ0n) is 18.6. The minimum atomic E-state index is -0.633. The van der Waals surface area contributed by atoms with E-state index in [0.29, 0.717) is 28.6 Å². The number of amides is 2. The van der Waals surface area contributed by atoms with Gasteiger partial charge >= 0.3 is 12.0 Å². The molecule has 4 rings (SSSR count). The van der Waals surface area contributed by atoms with Crippen molar-refractivity contribution in [2.24, 2.45) is 0 Å². The van der Waals surface area contributed by atoms with Crippen LogP contribution >= 0.6 is 11.6 Å². The molecule has 2 amide bonds. The minimum Gasteiger partial charge on any atom is -0.497 e. The van der Waals surface area contributed by atoms with Crippen molar-refractivity contribution in [1.29, 1.82) is 0 Å². The lowest BCUT2D eigenvalue weighted by molar-refractivity contribution is -0.136. The first-order valence-corrected chi connectivity index (χ1v) is 11.1. The molecule has 2 aromatic rings. The number of rotatable bonds is 6. The standard InChI is InChI=1S/C24H27ClN4O4/c1-32-19-5-3-4-16(14-19)22-21(23(30)33-2)20(26-24(31)27-22)15-28-10-12-29(13-11-28)18-8-6-17(25)7-9-18/h3-9,14,22H,10-13,15H2,1-2H3,(H2,26,27,31)/t22-/m1/s1. The highest BCUT2D eigenvalue weighted by Gasteiger charge is 2.34. The fraction of sp³-hybridized carbons (Fsp3) is 0.333. The van der Waals surface area contributed by atoms with Crippen molar-refractivity contribution < 1.29 is 19.1 Å². The van der Waals surface area contributed by atoms with Crippen molar-refractivity contribution in [3.05, 3.63) is 70.4 Å². The smallest absolute Gasteiger partial charge is 0.338 e. The topological polar surface area (TPSA) is 83.1 Å². The third-order valence-corrected chi connectivity index (χ3v) is 6.18. The number of nitrogens with zero attached hydrogens (tertiary/aromatic N) is 2. The van der Waals surface area contributed by atoms with Gasteiger partial charge in [-0.25, -0.2) is 9.59 Å². The second kappa shape index (κ2) is 10.1. The quantitative estimate of drug-likeness (QED) is 0.632. The maximum absolute atomic E-state index is 12.8. The van der Waals surface area contributed by atoms with Crippen LogP contribution in [0.25, 0.3) is 0 Å². The second-order valence-corrected chi connectivity index (χ2v) is 8.37. The summed E-state index contributed by atoms with van der Waals surface area (Å²) in [7, 11) is 2.92. The number of piperazine rings is 1. The number of carbonyl (C=O) groups excluding carboxylic acids is 2. The van der Waals surface area contributed by atoms with Gasteiger partial charge in [-0.15, -0.1) is 0 Å². The maximum atomic E-state index is 12.8. The summed E-state index contributed by atoms with van der Waals surface area (Å²) >= 11 is 6.00. The summed E-state index contributed by atoms with van der Waals surface area (Å²) in [4.78, 5) is 29.8. The summed E-state index contributed by atoms with van der Waals surface area (Å²) in [5.74, 6) is 0.162. The van der Waals surface area contributed by atoms with Crippen molar-refractivity contribution >= 4 is 29.3 Å². The van der Waals surface area contributed by atoms with Gasteiger partial charge in [-0.2, -0.15) is 0 Å². The zero-order chi connectivity index (χ0) is 23.4. The highest BCUT2D eigenvalue weighted by Crippen LogP contribution is 2.30. The Bertz CT molecular complexity index is 1050. The van der Waals surface area contributed by atoms with Gasteiger partial charge in [0.1, 0.15) is 5.75 Å². The van der Waals surface area contributed by atoms with Gasteiger partial charge in [0.15, 0.2) is 0 Å². The summed E-state index contributed by atoms with van der Waals surface area (Å²) < 4.78 is 10.4. The molecule has 9 heteroatoms. The monoisotopic (exact) mass is 470 g/mol. The molecule has 0 saturated carbocycles. The third-order valence-electron chi connectivity index (χ3n) is 5.93. The zero-order valence-corrected chi connectivity index (χ0v) is 19.4. The van der Waals surface area contributed by atoms with E-state index in [2.05, 4.69) is 20.4 Å². The fourth-order valence-electron chi connectivity index (χ4n) is 4.20. The van der Waals surface area contributed by atoms with Crippen LogP contribution in [0.5, 0.6) is 5.75 Å². The lowest BCUT2D eigenvalue weighted by Crippen LogP contribution is -2.51. The number of nitrogens with one attached hydrogen (secondary N) is 2. The molecule has 0 aliphatic carbocycles. The largest absolute Gasteiger partial charge is 0.497 e. The third kappa shape index (κ3) is 5.23. The molecule has 0 bridgehead atoms. The van der Waals surface area contributed by atoms with Crippen LogP contribution in [-0.2, 0) is 9.53 Å². The number of benzene rings is 2. The predicted octanol–water partition coefficient (Wildman–Crippen LogP) is 2.95. The van der Waals surface area contributed by atoms with Gasteiger partial charge in [-0.1, -0.05) is 23.7 Å². The van der Waals surface area contributed by atoms with Crippen LogP contribution in [-0.4, -0.2) is 63.8 Å². The van der Waals surface area contributed by atoms with Crippen LogP contribution in [0.15, 0.2) is 59.8 Å². The molecule has 174 valence electrons. The number of halogens is 1. The van der Waals surface area contributed by atoms with Gasteiger partial charge < -0.3 is 25.0 Å². The van der Waals surface area contributed by atoms with E-state index >= 15 is 0 Å². The van der Waals surface area contributed by atoms with E-state index in [-0.39, 0.29) is 6.03 Å². The molecule has 0 radical (unpaired) electrons. The average Bonchev–Trinajstić information content (AvgIpc) is 2.84. The van der Waals surface area contributed by atoms with Crippen LogP contribution in [0.2, 0.25) is 5.02 Å². The van der Waals surface area contributed by atoms with Crippen molar-refractivity contribution in [2.45, 2.75) is 6.04 Å². The van der Waals surface area contributed by atoms with E-state index in [1.807, 2.05) is 48.5 Å². The lowest BCUT2D eigenvalue weighted by Gasteiger charge is -2.38. The minimum absolute atomic E-state index is 0.356. The van der Waals surface area contributed by atoms with Crippen LogP contribution in [0.1, 0.15) is 11.6 Å². The Kier molecular flexibility index (Phi) is 7.05. The van der Waals surface area contributed by atoms with E-state index in [1.165, 1.54) is 7.11 Å². The molecule has 1 saturated heterocycles. The number of methoxy groups -OCH3 is 2. The van der Waals surface area contributed by atoms with Crippen molar-refractivity contribution in [1.82, 2.24) is 15.5 Å². The lowest BCUT2D eigenvalue weighted by atomic mass is 9.94.